The Kier molecular flexibility index (Phi) is 9.91. The van der Waals surface area contributed by atoms with E-state index >= 15 is 0 Å². The van der Waals surface area contributed by atoms with Gasteiger partial charge in [0.1, 0.15) is 0 Å². The topological polar surface area (TPSA) is 27.7 Å². The Morgan fingerprint density at radius 2 is 1.37 bits per heavy atom. The van der Waals surface area contributed by atoms with Crippen LogP contribution in [0, 0.1) is 0 Å². The summed E-state index contributed by atoms with van der Waals surface area (Å²) >= 11 is 0. The van der Waals surface area contributed by atoms with Gasteiger partial charge in [0.05, 0.1) is 8.07 Å². The maximum absolute atomic E-state index is 5.87. The molecule has 0 rings (SSSR count). The van der Waals surface area contributed by atoms with Gasteiger partial charge in [0.25, 0.3) is 0 Å². The second-order valence-corrected chi connectivity index (χ2v) is 13.5. The van der Waals surface area contributed by atoms with E-state index in [0.29, 0.717) is 19.8 Å². The van der Waals surface area contributed by atoms with Crippen molar-refractivity contribution in [3.8, 4) is 0 Å². The normalized spacial score (nSPS) is 12.7. The van der Waals surface area contributed by atoms with Crippen LogP contribution in [0.2, 0.25) is 31.2 Å². The van der Waals surface area contributed by atoms with Crippen LogP contribution in [-0.4, -0.2) is 36.7 Å². The van der Waals surface area contributed by atoms with E-state index in [1.54, 1.807) is 0 Å². The highest BCUT2D eigenvalue weighted by Gasteiger charge is 2.40. The highest BCUT2D eigenvalue weighted by atomic mass is 28.4. The molecule has 3 nitrogen and oxygen atoms in total. The lowest BCUT2D eigenvalue weighted by atomic mass is 10.6. The van der Waals surface area contributed by atoms with Crippen molar-refractivity contribution in [1.29, 1.82) is 0 Å². The van der Waals surface area contributed by atoms with Crippen LogP contribution >= 0.6 is 0 Å². The molecule has 0 saturated heterocycles. The van der Waals surface area contributed by atoms with Gasteiger partial charge in [-0.2, -0.15) is 0 Å². The first-order chi connectivity index (χ1) is 8.95. The molecule has 0 heterocycles. The second-order valence-electron chi connectivity index (χ2n) is 5.49. The van der Waals surface area contributed by atoms with Gasteiger partial charge in [-0.1, -0.05) is 31.6 Å². The highest BCUT2D eigenvalue weighted by molar-refractivity contribution is 6.77. The predicted molar refractivity (Wildman–Crippen MR) is 87.3 cm³/mol. The number of hydrogen-bond donors (Lipinski definition) is 0. The molecule has 0 aliphatic heterocycles. The molecule has 0 bridgehead atoms. The van der Waals surface area contributed by atoms with Crippen LogP contribution in [-0.2, 0) is 13.3 Å². The molecular weight excluding hydrogens is 272 g/mol. The zero-order valence-corrected chi connectivity index (χ0v) is 15.5. The molecule has 0 saturated carbocycles. The highest BCUT2D eigenvalue weighted by Crippen LogP contribution is 2.24. The minimum atomic E-state index is -2.42. The smallest absolute Gasteiger partial charge is 0.374 e. The number of allylic oxidation sites excluding steroid dienone is 1. The maximum Gasteiger partial charge on any atom is 0.500 e. The Balaban J connectivity index is 4.42. The Labute approximate surface area is 121 Å². The summed E-state index contributed by atoms with van der Waals surface area (Å²) < 4.78 is 17.6. The Hall–Kier alpha value is 0.0538. The van der Waals surface area contributed by atoms with E-state index in [1.807, 2.05) is 20.8 Å². The molecule has 114 valence electrons. The molecular formula is C14H32O3Si2. The van der Waals surface area contributed by atoms with Crippen LogP contribution in [0.1, 0.15) is 27.2 Å². The fourth-order valence-corrected chi connectivity index (χ4v) is 7.36. The van der Waals surface area contributed by atoms with E-state index in [9.17, 15) is 0 Å². The van der Waals surface area contributed by atoms with Crippen molar-refractivity contribution in [3.63, 3.8) is 0 Å². The summed E-state index contributed by atoms with van der Waals surface area (Å²) in [5.41, 5.74) is 0. The maximum atomic E-state index is 5.87. The van der Waals surface area contributed by atoms with Gasteiger partial charge in [0.15, 0.2) is 0 Å². The van der Waals surface area contributed by atoms with Crippen molar-refractivity contribution in [2.45, 2.75) is 58.4 Å². The summed E-state index contributed by atoms with van der Waals surface area (Å²) in [5.74, 6) is 0. The van der Waals surface area contributed by atoms with E-state index in [2.05, 4.69) is 25.7 Å². The molecule has 0 atom stereocenters. The van der Waals surface area contributed by atoms with Crippen molar-refractivity contribution in [1.82, 2.24) is 0 Å². The first-order valence-electron chi connectivity index (χ1n) is 7.48. The summed E-state index contributed by atoms with van der Waals surface area (Å²) in [6, 6.07) is 3.40. The fraction of sp³-hybridized carbons (Fsp3) is 0.857. The van der Waals surface area contributed by atoms with Gasteiger partial charge >= 0.3 is 8.80 Å². The van der Waals surface area contributed by atoms with Crippen molar-refractivity contribution in [2.75, 3.05) is 19.8 Å². The van der Waals surface area contributed by atoms with E-state index in [0.717, 1.165) is 12.5 Å². The average Bonchev–Trinajstić information content (AvgIpc) is 2.29. The lowest BCUT2D eigenvalue weighted by Crippen LogP contribution is -2.46. The SMILES string of the molecule is C=CC[Si](C)(C)CCC[Si](OCC)(OCC)OCC. The summed E-state index contributed by atoms with van der Waals surface area (Å²) in [5, 5.41) is 0. The molecule has 0 amide bonds. The fourth-order valence-electron chi connectivity index (χ4n) is 2.28. The summed E-state index contributed by atoms with van der Waals surface area (Å²) in [6.45, 7) is 16.7. The van der Waals surface area contributed by atoms with Gasteiger partial charge in [-0.05, 0) is 26.8 Å². The molecule has 0 aliphatic rings. The molecule has 0 fully saturated rings. The van der Waals surface area contributed by atoms with Crippen molar-refractivity contribution < 1.29 is 13.3 Å². The minimum Gasteiger partial charge on any atom is -0.374 e. The second kappa shape index (κ2) is 9.88. The van der Waals surface area contributed by atoms with Crippen molar-refractivity contribution in [3.05, 3.63) is 12.7 Å². The van der Waals surface area contributed by atoms with Gasteiger partial charge in [-0.25, -0.2) is 0 Å². The van der Waals surface area contributed by atoms with Crippen molar-refractivity contribution >= 4 is 16.9 Å². The quantitative estimate of drug-likeness (QED) is 0.397. The van der Waals surface area contributed by atoms with E-state index in [1.165, 1.54) is 12.1 Å². The van der Waals surface area contributed by atoms with Crippen LogP contribution < -0.4 is 0 Å². The molecule has 5 heteroatoms. The van der Waals surface area contributed by atoms with Gasteiger partial charge in [0.2, 0.25) is 0 Å². The zero-order chi connectivity index (χ0) is 14.8. The zero-order valence-electron chi connectivity index (χ0n) is 13.5. The molecule has 0 N–H and O–H groups in total. The summed E-state index contributed by atoms with van der Waals surface area (Å²) in [6.07, 6.45) is 3.20. The molecule has 0 aromatic heterocycles. The van der Waals surface area contributed by atoms with E-state index in [4.69, 9.17) is 13.3 Å². The van der Waals surface area contributed by atoms with E-state index in [-0.39, 0.29) is 0 Å². The van der Waals surface area contributed by atoms with Crippen LogP contribution in [0.5, 0.6) is 0 Å². The van der Waals surface area contributed by atoms with Gasteiger partial charge in [-0.15, -0.1) is 6.58 Å². The van der Waals surface area contributed by atoms with E-state index < -0.39 is 16.9 Å². The van der Waals surface area contributed by atoms with Crippen molar-refractivity contribution in [2.24, 2.45) is 0 Å². The standard InChI is InChI=1S/C14H32O3Si2/c1-7-12-18(5,6)13-11-14-19(15-8-2,16-9-3)17-10-4/h7H,1,8-14H2,2-6H3. The van der Waals surface area contributed by atoms with Crippen LogP contribution in [0.3, 0.4) is 0 Å². The first kappa shape index (κ1) is 19.1. The van der Waals surface area contributed by atoms with Gasteiger partial charge in [-0.3, -0.25) is 0 Å². The summed E-state index contributed by atoms with van der Waals surface area (Å²) in [7, 11) is -3.56. The lowest BCUT2D eigenvalue weighted by molar-refractivity contribution is 0.0711. The number of hydrogen-bond acceptors (Lipinski definition) is 3. The molecule has 0 spiro atoms. The first-order valence-corrected chi connectivity index (χ1v) is 12.8. The third-order valence-electron chi connectivity index (χ3n) is 3.13. The van der Waals surface area contributed by atoms with Crippen LogP contribution in [0.25, 0.3) is 0 Å². The molecule has 0 unspecified atom stereocenters. The third-order valence-corrected chi connectivity index (χ3v) is 9.38. The van der Waals surface area contributed by atoms with Crippen LogP contribution in [0.15, 0.2) is 12.7 Å². The predicted octanol–water partition coefficient (Wildman–Crippen LogP) is 4.32. The molecule has 19 heavy (non-hydrogen) atoms. The van der Waals surface area contributed by atoms with Gasteiger partial charge in [0, 0.05) is 25.9 Å². The molecule has 0 radical (unpaired) electrons. The monoisotopic (exact) mass is 304 g/mol. The lowest BCUT2D eigenvalue weighted by Gasteiger charge is -2.29. The molecule has 0 aromatic rings. The van der Waals surface area contributed by atoms with Gasteiger partial charge < -0.3 is 13.3 Å². The number of rotatable bonds is 12. The average molecular weight is 305 g/mol. The molecule has 0 aliphatic carbocycles. The Morgan fingerprint density at radius 1 is 0.895 bits per heavy atom. The third kappa shape index (κ3) is 8.04. The largest absolute Gasteiger partial charge is 0.500 e. The minimum absolute atomic E-state index is 0.666. The van der Waals surface area contributed by atoms with Crippen LogP contribution in [0.4, 0.5) is 0 Å². The summed E-state index contributed by atoms with van der Waals surface area (Å²) in [4.78, 5) is 0. The molecule has 0 aromatic carbocycles. The Bertz CT molecular complexity index is 228. The Morgan fingerprint density at radius 3 is 1.74 bits per heavy atom.